The second-order valence-corrected chi connectivity index (χ2v) is 6.19. The molecule has 0 spiro atoms. The van der Waals surface area contributed by atoms with Crippen LogP contribution in [0.4, 0.5) is 0 Å². The van der Waals surface area contributed by atoms with Crippen molar-refractivity contribution in [1.82, 2.24) is 5.32 Å². The second-order valence-electron chi connectivity index (χ2n) is 5.75. The van der Waals surface area contributed by atoms with Gasteiger partial charge in [0.1, 0.15) is 0 Å². The first kappa shape index (κ1) is 16.7. The minimum absolute atomic E-state index is 0.190. The molecule has 3 rings (SSSR count). The summed E-state index contributed by atoms with van der Waals surface area (Å²) in [5.74, 6) is 0. The van der Waals surface area contributed by atoms with E-state index in [2.05, 4.69) is 5.32 Å². The lowest BCUT2D eigenvalue weighted by Gasteiger charge is -2.25. The molecule has 3 heteroatoms. The molecule has 3 aromatic rings. The molecule has 2 atom stereocenters. The van der Waals surface area contributed by atoms with Crippen LogP contribution in [0.2, 0.25) is 5.02 Å². The average molecular weight is 338 g/mol. The summed E-state index contributed by atoms with van der Waals surface area (Å²) in [7, 11) is 0. The first-order chi connectivity index (χ1) is 11.7. The van der Waals surface area contributed by atoms with Crippen LogP contribution in [0, 0.1) is 0 Å². The van der Waals surface area contributed by atoms with Gasteiger partial charge in [0.05, 0.1) is 12.1 Å². The van der Waals surface area contributed by atoms with Gasteiger partial charge in [0, 0.05) is 11.6 Å². The van der Waals surface area contributed by atoms with Crippen molar-refractivity contribution in [1.29, 1.82) is 0 Å². The molecule has 0 amide bonds. The van der Waals surface area contributed by atoms with E-state index in [1.54, 1.807) is 0 Å². The highest BCUT2D eigenvalue weighted by atomic mass is 35.5. The average Bonchev–Trinajstić information content (AvgIpc) is 2.65. The number of rotatable bonds is 6. The maximum Gasteiger partial charge on any atom is 0.0984 e. The summed E-state index contributed by atoms with van der Waals surface area (Å²) < 4.78 is 0. The fraction of sp³-hybridized carbons (Fsp3) is 0.143. The Hall–Kier alpha value is -2.13. The standard InChI is InChI=1S/C21H20ClNO/c22-19-13-11-16(12-14-19)15-23-20(17-7-3-1-4-8-17)21(24)18-9-5-2-6-10-18/h1-14,20-21,23-24H,15H2/t20-,21+/m0/s1. The van der Waals surface area contributed by atoms with Gasteiger partial charge in [-0.15, -0.1) is 0 Å². The zero-order valence-electron chi connectivity index (χ0n) is 13.3. The molecule has 0 aliphatic heterocycles. The maximum absolute atomic E-state index is 10.9. The zero-order chi connectivity index (χ0) is 16.8. The third-order valence-electron chi connectivity index (χ3n) is 4.05. The molecule has 0 heterocycles. The molecular weight excluding hydrogens is 318 g/mol. The number of hydrogen-bond donors (Lipinski definition) is 2. The zero-order valence-corrected chi connectivity index (χ0v) is 14.0. The quantitative estimate of drug-likeness (QED) is 0.670. The van der Waals surface area contributed by atoms with Crippen molar-refractivity contribution >= 4 is 11.6 Å². The maximum atomic E-state index is 10.9. The van der Waals surface area contributed by atoms with E-state index in [4.69, 9.17) is 11.6 Å². The fourth-order valence-corrected chi connectivity index (χ4v) is 2.87. The molecule has 0 unspecified atom stereocenters. The van der Waals surface area contributed by atoms with Crippen LogP contribution in [0.25, 0.3) is 0 Å². The number of hydrogen-bond acceptors (Lipinski definition) is 2. The molecule has 2 nitrogen and oxygen atoms in total. The summed E-state index contributed by atoms with van der Waals surface area (Å²) >= 11 is 5.94. The summed E-state index contributed by atoms with van der Waals surface area (Å²) in [6.45, 7) is 0.653. The van der Waals surface area contributed by atoms with Gasteiger partial charge in [-0.3, -0.25) is 0 Å². The number of nitrogens with one attached hydrogen (secondary N) is 1. The Morgan fingerprint density at radius 2 is 1.29 bits per heavy atom. The number of benzene rings is 3. The molecule has 0 aliphatic carbocycles. The topological polar surface area (TPSA) is 32.3 Å². The monoisotopic (exact) mass is 337 g/mol. The Morgan fingerprint density at radius 1 is 0.750 bits per heavy atom. The lowest BCUT2D eigenvalue weighted by Crippen LogP contribution is -2.27. The summed E-state index contributed by atoms with van der Waals surface area (Å²) in [6.07, 6.45) is -0.624. The summed E-state index contributed by atoms with van der Waals surface area (Å²) in [5.41, 5.74) is 3.08. The summed E-state index contributed by atoms with van der Waals surface area (Å²) in [6, 6.07) is 27.3. The minimum atomic E-state index is -0.624. The number of aliphatic hydroxyl groups excluding tert-OH is 1. The molecule has 0 aliphatic rings. The third-order valence-corrected chi connectivity index (χ3v) is 4.31. The predicted octanol–water partition coefficient (Wildman–Crippen LogP) is 4.90. The van der Waals surface area contributed by atoms with Crippen LogP contribution in [0.1, 0.15) is 28.8 Å². The molecule has 0 radical (unpaired) electrons. The van der Waals surface area contributed by atoms with E-state index in [9.17, 15) is 5.11 Å². The molecule has 122 valence electrons. The lowest BCUT2D eigenvalue weighted by molar-refractivity contribution is 0.127. The van der Waals surface area contributed by atoms with E-state index in [0.29, 0.717) is 6.54 Å². The lowest BCUT2D eigenvalue weighted by atomic mass is 9.95. The van der Waals surface area contributed by atoms with E-state index in [0.717, 1.165) is 21.7 Å². The highest BCUT2D eigenvalue weighted by Gasteiger charge is 2.22. The minimum Gasteiger partial charge on any atom is -0.386 e. The van der Waals surface area contributed by atoms with Crippen molar-refractivity contribution in [3.05, 3.63) is 107 Å². The molecule has 2 N–H and O–H groups in total. The number of halogens is 1. The second kappa shape index (κ2) is 8.11. The Bertz CT molecular complexity index is 744. The molecule has 0 saturated heterocycles. The van der Waals surface area contributed by atoms with Gasteiger partial charge in [-0.2, -0.15) is 0 Å². The van der Waals surface area contributed by atoms with Crippen molar-refractivity contribution in [2.75, 3.05) is 0 Å². The molecular formula is C21H20ClNO. The van der Waals surface area contributed by atoms with Crippen LogP contribution < -0.4 is 5.32 Å². The van der Waals surface area contributed by atoms with Crippen molar-refractivity contribution in [3.63, 3.8) is 0 Å². The first-order valence-corrected chi connectivity index (χ1v) is 8.37. The van der Waals surface area contributed by atoms with E-state index in [-0.39, 0.29) is 6.04 Å². The molecule has 0 fully saturated rings. The Balaban J connectivity index is 1.81. The van der Waals surface area contributed by atoms with E-state index in [1.807, 2.05) is 84.9 Å². The largest absolute Gasteiger partial charge is 0.386 e. The molecule has 0 aromatic heterocycles. The highest BCUT2D eigenvalue weighted by molar-refractivity contribution is 6.30. The first-order valence-electron chi connectivity index (χ1n) is 8.00. The number of aliphatic hydroxyl groups is 1. The van der Waals surface area contributed by atoms with E-state index < -0.39 is 6.10 Å². The van der Waals surface area contributed by atoms with Gasteiger partial charge >= 0.3 is 0 Å². The Kier molecular flexibility index (Phi) is 5.65. The van der Waals surface area contributed by atoms with Crippen molar-refractivity contribution < 1.29 is 5.11 Å². The normalized spacial score (nSPS) is 13.4. The summed E-state index contributed by atoms with van der Waals surface area (Å²) in [5, 5.41) is 15.1. The van der Waals surface area contributed by atoms with Crippen LogP contribution >= 0.6 is 11.6 Å². The smallest absolute Gasteiger partial charge is 0.0984 e. The molecule has 24 heavy (non-hydrogen) atoms. The fourth-order valence-electron chi connectivity index (χ4n) is 2.74. The van der Waals surface area contributed by atoms with E-state index >= 15 is 0 Å². The molecule has 0 bridgehead atoms. The van der Waals surface area contributed by atoms with Crippen LogP contribution in [0.3, 0.4) is 0 Å². The molecule has 3 aromatic carbocycles. The Labute approximate surface area is 147 Å². The molecule has 0 saturated carbocycles. The van der Waals surface area contributed by atoms with Crippen LogP contribution in [0.15, 0.2) is 84.9 Å². The highest BCUT2D eigenvalue weighted by Crippen LogP contribution is 2.29. The van der Waals surface area contributed by atoms with Gasteiger partial charge in [-0.1, -0.05) is 84.4 Å². The van der Waals surface area contributed by atoms with Gasteiger partial charge in [0.2, 0.25) is 0 Å². The van der Waals surface area contributed by atoms with Gasteiger partial charge in [-0.05, 0) is 28.8 Å². The predicted molar refractivity (Wildman–Crippen MR) is 98.9 cm³/mol. The van der Waals surface area contributed by atoms with Crippen molar-refractivity contribution in [3.8, 4) is 0 Å². The SMILES string of the molecule is O[C@H](c1ccccc1)[C@@H](NCc1ccc(Cl)cc1)c1ccccc1. The van der Waals surface area contributed by atoms with Crippen molar-refractivity contribution in [2.45, 2.75) is 18.7 Å². The summed E-state index contributed by atoms with van der Waals surface area (Å²) in [4.78, 5) is 0. The van der Waals surface area contributed by atoms with Gasteiger partial charge in [0.25, 0.3) is 0 Å². The third kappa shape index (κ3) is 4.24. The van der Waals surface area contributed by atoms with Gasteiger partial charge in [0.15, 0.2) is 0 Å². The van der Waals surface area contributed by atoms with Gasteiger partial charge < -0.3 is 10.4 Å². The van der Waals surface area contributed by atoms with Gasteiger partial charge in [-0.25, -0.2) is 0 Å². The van der Waals surface area contributed by atoms with Crippen LogP contribution in [-0.4, -0.2) is 5.11 Å². The van der Waals surface area contributed by atoms with Crippen molar-refractivity contribution in [2.24, 2.45) is 0 Å². The Morgan fingerprint density at radius 3 is 1.88 bits per heavy atom. The van der Waals surface area contributed by atoms with Crippen LogP contribution in [0.5, 0.6) is 0 Å². The van der Waals surface area contributed by atoms with E-state index in [1.165, 1.54) is 0 Å². The van der Waals surface area contributed by atoms with Crippen LogP contribution in [-0.2, 0) is 6.54 Å².